The predicted octanol–water partition coefficient (Wildman–Crippen LogP) is 2.95. The number of fused-ring (bicyclic) bond motifs is 1. The Kier molecular flexibility index (Phi) is 3.67. The first-order valence-corrected chi connectivity index (χ1v) is 6.77. The molecule has 0 saturated carbocycles. The molecule has 20 heavy (non-hydrogen) atoms. The first-order valence-electron chi connectivity index (χ1n) is 6.77. The van der Waals surface area contributed by atoms with Crippen molar-refractivity contribution in [2.75, 3.05) is 13.2 Å². The number of hydrogen-bond donors (Lipinski definition) is 0. The van der Waals surface area contributed by atoms with E-state index in [0.29, 0.717) is 12.2 Å². The molecule has 2 aromatic carbocycles. The Hall–Kier alpha value is -2.31. The average Bonchev–Trinajstić information content (AvgIpc) is 2.69. The summed E-state index contributed by atoms with van der Waals surface area (Å²) in [4.78, 5) is 2.35. The van der Waals surface area contributed by atoms with Gasteiger partial charge in [0.25, 0.3) is 0 Å². The molecule has 0 radical (unpaired) electrons. The molecule has 1 heterocycles. The smallest absolute Gasteiger partial charge is 0.123 e. The molecule has 0 N–H and O–H groups in total. The molecule has 100 valence electrons. The van der Waals surface area contributed by atoms with E-state index < -0.39 is 0 Å². The Morgan fingerprint density at radius 3 is 2.80 bits per heavy atom. The van der Waals surface area contributed by atoms with Gasteiger partial charge in [0.05, 0.1) is 11.6 Å². The molecular formula is C17H16N2O. The zero-order valence-corrected chi connectivity index (χ0v) is 11.2. The molecule has 0 unspecified atom stereocenters. The van der Waals surface area contributed by atoms with Crippen molar-refractivity contribution < 1.29 is 4.74 Å². The van der Waals surface area contributed by atoms with Gasteiger partial charge in [-0.3, -0.25) is 4.90 Å². The molecule has 0 amide bonds. The zero-order valence-electron chi connectivity index (χ0n) is 11.2. The highest BCUT2D eigenvalue weighted by Gasteiger charge is 2.15. The number of nitrogens with zero attached hydrogens (tertiary/aromatic N) is 2. The van der Waals surface area contributed by atoms with Gasteiger partial charge in [0, 0.05) is 25.2 Å². The maximum Gasteiger partial charge on any atom is 0.123 e. The van der Waals surface area contributed by atoms with Gasteiger partial charge < -0.3 is 4.74 Å². The summed E-state index contributed by atoms with van der Waals surface area (Å²) in [5.74, 6) is 0.902. The lowest BCUT2D eigenvalue weighted by atomic mass is 10.1. The molecule has 0 fully saturated rings. The number of nitriles is 1. The molecule has 3 rings (SSSR count). The normalized spacial score (nSPS) is 14.8. The van der Waals surface area contributed by atoms with E-state index in [-0.39, 0.29) is 0 Å². The Morgan fingerprint density at radius 1 is 1.15 bits per heavy atom. The number of rotatable bonds is 2. The third-order valence-electron chi connectivity index (χ3n) is 3.50. The molecule has 0 bridgehead atoms. The Morgan fingerprint density at radius 2 is 2.00 bits per heavy atom. The second-order valence-corrected chi connectivity index (χ2v) is 4.98. The fraction of sp³-hybridized carbons (Fsp3) is 0.235. The van der Waals surface area contributed by atoms with E-state index >= 15 is 0 Å². The molecule has 0 aromatic heterocycles. The van der Waals surface area contributed by atoms with E-state index in [0.717, 1.165) is 30.9 Å². The van der Waals surface area contributed by atoms with Gasteiger partial charge in [-0.05, 0) is 23.8 Å². The van der Waals surface area contributed by atoms with Crippen LogP contribution in [0.3, 0.4) is 0 Å². The summed E-state index contributed by atoms with van der Waals surface area (Å²) < 4.78 is 5.76. The van der Waals surface area contributed by atoms with Crippen LogP contribution in [0.1, 0.15) is 16.7 Å². The lowest BCUT2D eigenvalue weighted by Crippen LogP contribution is -2.25. The molecule has 1 aliphatic heterocycles. The van der Waals surface area contributed by atoms with Gasteiger partial charge in [0.15, 0.2) is 0 Å². The third-order valence-corrected chi connectivity index (χ3v) is 3.50. The molecular weight excluding hydrogens is 248 g/mol. The molecule has 1 aliphatic rings. The van der Waals surface area contributed by atoms with Crippen molar-refractivity contribution in [2.24, 2.45) is 0 Å². The van der Waals surface area contributed by atoms with E-state index in [9.17, 15) is 0 Å². The highest BCUT2D eigenvalue weighted by Crippen LogP contribution is 2.24. The maximum atomic E-state index is 9.01. The van der Waals surface area contributed by atoms with Gasteiger partial charge in [0.1, 0.15) is 12.4 Å². The predicted molar refractivity (Wildman–Crippen MR) is 77.2 cm³/mol. The van der Waals surface area contributed by atoms with Gasteiger partial charge in [0.2, 0.25) is 0 Å². The van der Waals surface area contributed by atoms with Crippen LogP contribution < -0.4 is 4.74 Å². The largest absolute Gasteiger partial charge is 0.492 e. The summed E-state index contributed by atoms with van der Waals surface area (Å²) in [7, 11) is 0. The molecule has 2 aromatic rings. The van der Waals surface area contributed by atoms with E-state index in [1.54, 1.807) is 0 Å². The van der Waals surface area contributed by atoms with Crippen molar-refractivity contribution in [3.8, 4) is 11.8 Å². The van der Waals surface area contributed by atoms with Gasteiger partial charge in [-0.1, -0.05) is 30.3 Å². The summed E-state index contributed by atoms with van der Waals surface area (Å²) in [6.45, 7) is 3.30. The summed E-state index contributed by atoms with van der Waals surface area (Å²) in [6.07, 6.45) is 0. The SMILES string of the molecule is N#Cc1ccc2c(c1)CN(Cc1ccccc1)CCO2. The van der Waals surface area contributed by atoms with Crippen LogP contribution in [0.25, 0.3) is 0 Å². The second kappa shape index (κ2) is 5.77. The molecule has 3 nitrogen and oxygen atoms in total. The van der Waals surface area contributed by atoms with E-state index in [1.165, 1.54) is 5.56 Å². The maximum absolute atomic E-state index is 9.01. The van der Waals surface area contributed by atoms with Crippen LogP contribution in [0.4, 0.5) is 0 Å². The summed E-state index contributed by atoms with van der Waals surface area (Å²) in [5, 5.41) is 9.01. The number of hydrogen-bond acceptors (Lipinski definition) is 3. The van der Waals surface area contributed by atoms with Gasteiger partial charge in [-0.2, -0.15) is 5.26 Å². The summed E-state index contributed by atoms with van der Waals surface area (Å²) in [5.41, 5.74) is 3.08. The standard InChI is InChI=1S/C17H16N2O/c18-11-15-6-7-17-16(10-15)13-19(8-9-20-17)12-14-4-2-1-3-5-14/h1-7,10H,8-9,12-13H2. The van der Waals surface area contributed by atoms with Crippen LogP contribution in [0.5, 0.6) is 5.75 Å². The first-order chi connectivity index (χ1) is 9.85. The van der Waals surface area contributed by atoms with Crippen LogP contribution in [0.2, 0.25) is 0 Å². The highest BCUT2D eigenvalue weighted by atomic mass is 16.5. The van der Waals surface area contributed by atoms with E-state index in [1.807, 2.05) is 24.3 Å². The van der Waals surface area contributed by atoms with Crippen molar-refractivity contribution in [2.45, 2.75) is 13.1 Å². The highest BCUT2D eigenvalue weighted by molar-refractivity contribution is 5.42. The van der Waals surface area contributed by atoms with Gasteiger partial charge >= 0.3 is 0 Å². The van der Waals surface area contributed by atoms with Crippen molar-refractivity contribution in [1.29, 1.82) is 5.26 Å². The lowest BCUT2D eigenvalue weighted by Gasteiger charge is -2.19. The molecule has 0 spiro atoms. The summed E-state index contributed by atoms with van der Waals surface area (Å²) in [6, 6.07) is 18.3. The van der Waals surface area contributed by atoms with Crippen LogP contribution in [0, 0.1) is 11.3 Å². The fourth-order valence-corrected chi connectivity index (χ4v) is 2.49. The molecule has 0 saturated heterocycles. The van der Waals surface area contributed by atoms with Crippen LogP contribution in [0.15, 0.2) is 48.5 Å². The minimum Gasteiger partial charge on any atom is -0.492 e. The number of benzene rings is 2. The van der Waals surface area contributed by atoms with Gasteiger partial charge in [-0.25, -0.2) is 0 Å². The second-order valence-electron chi connectivity index (χ2n) is 4.98. The monoisotopic (exact) mass is 264 g/mol. The average molecular weight is 264 g/mol. The topological polar surface area (TPSA) is 36.3 Å². The van der Waals surface area contributed by atoms with Gasteiger partial charge in [-0.15, -0.1) is 0 Å². The molecule has 3 heteroatoms. The van der Waals surface area contributed by atoms with Crippen molar-refractivity contribution in [3.63, 3.8) is 0 Å². The van der Waals surface area contributed by atoms with Crippen LogP contribution in [-0.4, -0.2) is 18.1 Å². The third kappa shape index (κ3) is 2.81. The zero-order chi connectivity index (χ0) is 13.8. The van der Waals surface area contributed by atoms with E-state index in [2.05, 4.69) is 35.2 Å². The molecule has 0 aliphatic carbocycles. The van der Waals surface area contributed by atoms with Crippen LogP contribution in [-0.2, 0) is 13.1 Å². The Labute approximate surface area is 119 Å². The number of ether oxygens (including phenoxy) is 1. The first kappa shape index (κ1) is 12.7. The van der Waals surface area contributed by atoms with Crippen molar-refractivity contribution in [3.05, 3.63) is 65.2 Å². The summed E-state index contributed by atoms with van der Waals surface area (Å²) >= 11 is 0. The fourth-order valence-electron chi connectivity index (χ4n) is 2.49. The molecule has 0 atom stereocenters. The van der Waals surface area contributed by atoms with Crippen molar-refractivity contribution in [1.82, 2.24) is 4.90 Å². The lowest BCUT2D eigenvalue weighted by molar-refractivity contribution is 0.219. The van der Waals surface area contributed by atoms with Crippen LogP contribution >= 0.6 is 0 Å². The Balaban J connectivity index is 1.80. The minimum absolute atomic E-state index is 0.686. The quantitative estimate of drug-likeness (QED) is 0.836. The van der Waals surface area contributed by atoms with Crippen molar-refractivity contribution >= 4 is 0 Å². The van der Waals surface area contributed by atoms with E-state index in [4.69, 9.17) is 10.00 Å². The Bertz CT molecular complexity index is 631. The minimum atomic E-state index is 0.686.